The first-order chi connectivity index (χ1) is 18.3. The Morgan fingerprint density at radius 3 is 1.38 bits per heavy atom. The summed E-state index contributed by atoms with van der Waals surface area (Å²) in [4.78, 5) is 0. The Morgan fingerprint density at radius 1 is 0.324 bits per heavy atom. The van der Waals surface area contributed by atoms with Gasteiger partial charge in [-0.2, -0.15) is 0 Å². The summed E-state index contributed by atoms with van der Waals surface area (Å²) in [5, 5.41) is 7.43. The summed E-state index contributed by atoms with van der Waals surface area (Å²) in [6, 6.07) is 46.1. The lowest BCUT2D eigenvalue weighted by molar-refractivity contribution is 1.62. The highest BCUT2D eigenvalue weighted by molar-refractivity contribution is 6.41. The van der Waals surface area contributed by atoms with Crippen molar-refractivity contribution < 1.29 is 0 Å². The first kappa shape index (κ1) is 20.6. The average Bonchev–Trinajstić information content (AvgIpc) is 3.30. The summed E-state index contributed by atoms with van der Waals surface area (Å²) < 4.78 is 0. The molecule has 0 atom stereocenters. The second kappa shape index (κ2) is 7.69. The van der Waals surface area contributed by atoms with Gasteiger partial charge in [0.25, 0.3) is 0 Å². The third kappa shape index (κ3) is 2.86. The second-order valence-electron chi connectivity index (χ2n) is 9.89. The molecule has 1 aliphatic rings. The van der Waals surface area contributed by atoms with E-state index in [1.165, 1.54) is 71.4 Å². The number of rotatable bonds is 2. The zero-order chi connectivity index (χ0) is 24.5. The van der Waals surface area contributed by atoms with E-state index >= 15 is 0 Å². The van der Waals surface area contributed by atoms with Gasteiger partial charge >= 0.3 is 0 Å². The average molecular weight is 464 g/mol. The first-order valence-corrected chi connectivity index (χ1v) is 12.7. The van der Waals surface area contributed by atoms with Gasteiger partial charge in [-0.25, -0.2) is 0 Å². The van der Waals surface area contributed by atoms with Gasteiger partial charge in [0, 0.05) is 0 Å². The van der Waals surface area contributed by atoms with Crippen molar-refractivity contribution in [2.75, 3.05) is 0 Å². The van der Waals surface area contributed by atoms with E-state index in [2.05, 4.69) is 127 Å². The number of benzene rings is 7. The van der Waals surface area contributed by atoms with Crippen LogP contribution in [0.2, 0.25) is 0 Å². The van der Waals surface area contributed by atoms with Crippen LogP contribution < -0.4 is 5.46 Å². The topological polar surface area (TPSA) is 0 Å². The molecular weight excluding hydrogens is 443 g/mol. The van der Waals surface area contributed by atoms with Crippen molar-refractivity contribution in [3.8, 4) is 44.5 Å². The zero-order valence-electron chi connectivity index (χ0n) is 20.2. The minimum absolute atomic E-state index is 0.826. The van der Waals surface area contributed by atoms with Crippen molar-refractivity contribution in [3.63, 3.8) is 0 Å². The SMILES string of the molecule is [B]c1ccc2c3c(cccc13)-c1c(-c3cccc4ccccc34)ccc(-c3cccc4ccccc34)c1-2. The van der Waals surface area contributed by atoms with Crippen molar-refractivity contribution in [2.45, 2.75) is 0 Å². The molecule has 1 aliphatic carbocycles. The molecule has 2 radical (unpaired) electrons. The maximum absolute atomic E-state index is 6.50. The molecule has 0 spiro atoms. The van der Waals surface area contributed by atoms with Gasteiger partial charge in [0.1, 0.15) is 7.85 Å². The molecule has 0 N–H and O–H groups in total. The van der Waals surface area contributed by atoms with Crippen LogP contribution in [-0.2, 0) is 0 Å². The van der Waals surface area contributed by atoms with Gasteiger partial charge in [-0.3, -0.25) is 0 Å². The highest BCUT2D eigenvalue weighted by Gasteiger charge is 2.28. The van der Waals surface area contributed by atoms with Gasteiger partial charge in [-0.1, -0.05) is 133 Å². The molecule has 1 heteroatoms. The van der Waals surface area contributed by atoms with Crippen molar-refractivity contribution in [3.05, 3.63) is 127 Å². The highest BCUT2D eigenvalue weighted by atomic mass is 14.3. The summed E-state index contributed by atoms with van der Waals surface area (Å²) in [6.45, 7) is 0. The van der Waals surface area contributed by atoms with Crippen molar-refractivity contribution in [1.29, 1.82) is 0 Å². The maximum Gasteiger partial charge on any atom is 0.114 e. The smallest absolute Gasteiger partial charge is 0.0889 e. The van der Waals surface area contributed by atoms with Crippen LogP contribution in [0.5, 0.6) is 0 Å². The second-order valence-corrected chi connectivity index (χ2v) is 9.89. The molecule has 8 rings (SSSR count). The third-order valence-corrected chi connectivity index (χ3v) is 7.98. The van der Waals surface area contributed by atoms with E-state index in [1.807, 2.05) is 0 Å². The molecule has 0 fully saturated rings. The quantitative estimate of drug-likeness (QED) is 0.224. The Balaban J connectivity index is 1.55. The molecule has 0 bridgehead atoms. The fourth-order valence-electron chi connectivity index (χ4n) is 6.38. The predicted octanol–water partition coefficient (Wildman–Crippen LogP) is 8.92. The summed E-state index contributed by atoms with van der Waals surface area (Å²) in [5.41, 5.74) is 11.0. The van der Waals surface area contributed by atoms with Crippen LogP contribution in [-0.4, -0.2) is 7.85 Å². The van der Waals surface area contributed by atoms with E-state index in [0.29, 0.717) is 0 Å². The Kier molecular flexibility index (Phi) is 4.27. The minimum Gasteiger partial charge on any atom is -0.0889 e. The Bertz CT molecular complexity index is 1920. The Morgan fingerprint density at radius 2 is 0.757 bits per heavy atom. The molecule has 7 aromatic carbocycles. The third-order valence-electron chi connectivity index (χ3n) is 7.98. The van der Waals surface area contributed by atoms with Gasteiger partial charge < -0.3 is 0 Å². The fraction of sp³-hybridized carbons (Fsp3) is 0. The van der Waals surface area contributed by atoms with E-state index in [9.17, 15) is 0 Å². The van der Waals surface area contributed by atoms with Crippen LogP contribution in [0.4, 0.5) is 0 Å². The van der Waals surface area contributed by atoms with Gasteiger partial charge in [0.2, 0.25) is 0 Å². The van der Waals surface area contributed by atoms with E-state index in [4.69, 9.17) is 7.85 Å². The minimum atomic E-state index is 0.826. The van der Waals surface area contributed by atoms with Gasteiger partial charge in [-0.05, 0) is 76.8 Å². The summed E-state index contributed by atoms with van der Waals surface area (Å²) in [6.07, 6.45) is 0. The molecule has 37 heavy (non-hydrogen) atoms. The molecule has 0 heterocycles. The lowest BCUT2D eigenvalue weighted by atomic mass is 9.85. The molecule has 168 valence electrons. The molecule has 0 saturated heterocycles. The fourth-order valence-corrected chi connectivity index (χ4v) is 6.38. The van der Waals surface area contributed by atoms with Crippen LogP contribution in [0.1, 0.15) is 0 Å². The summed E-state index contributed by atoms with van der Waals surface area (Å²) >= 11 is 0. The molecule has 0 aliphatic heterocycles. The largest absolute Gasteiger partial charge is 0.114 e. The highest BCUT2D eigenvalue weighted by Crippen LogP contribution is 2.55. The van der Waals surface area contributed by atoms with E-state index < -0.39 is 0 Å². The molecular formula is C36H21B. The Labute approximate surface area is 217 Å². The first-order valence-electron chi connectivity index (χ1n) is 12.7. The van der Waals surface area contributed by atoms with Crippen molar-refractivity contribution in [2.24, 2.45) is 0 Å². The van der Waals surface area contributed by atoms with Crippen molar-refractivity contribution in [1.82, 2.24) is 0 Å². The lowest BCUT2D eigenvalue weighted by Gasteiger charge is -2.18. The summed E-state index contributed by atoms with van der Waals surface area (Å²) in [7, 11) is 6.50. The summed E-state index contributed by atoms with van der Waals surface area (Å²) in [5.74, 6) is 0. The monoisotopic (exact) mass is 464 g/mol. The number of hydrogen-bond acceptors (Lipinski definition) is 0. The maximum atomic E-state index is 6.50. The van der Waals surface area contributed by atoms with E-state index in [-0.39, 0.29) is 0 Å². The van der Waals surface area contributed by atoms with Crippen LogP contribution in [0.25, 0.3) is 76.8 Å². The number of fused-ring (bicyclic) bond motifs is 5. The molecule has 0 nitrogen and oxygen atoms in total. The Hall–Kier alpha value is -4.62. The van der Waals surface area contributed by atoms with Gasteiger partial charge in [0.05, 0.1) is 0 Å². The van der Waals surface area contributed by atoms with Crippen molar-refractivity contribution >= 4 is 45.6 Å². The van der Waals surface area contributed by atoms with Gasteiger partial charge in [-0.15, -0.1) is 0 Å². The molecule has 0 aromatic heterocycles. The van der Waals surface area contributed by atoms with Crippen LogP contribution in [0.15, 0.2) is 127 Å². The van der Waals surface area contributed by atoms with Crippen LogP contribution in [0.3, 0.4) is 0 Å². The van der Waals surface area contributed by atoms with Crippen LogP contribution in [0, 0.1) is 0 Å². The number of hydrogen-bond donors (Lipinski definition) is 0. The predicted molar refractivity (Wildman–Crippen MR) is 160 cm³/mol. The van der Waals surface area contributed by atoms with Gasteiger partial charge in [0.15, 0.2) is 0 Å². The molecule has 7 aromatic rings. The van der Waals surface area contributed by atoms with E-state index in [1.54, 1.807) is 0 Å². The lowest BCUT2D eigenvalue weighted by Crippen LogP contribution is -2.02. The van der Waals surface area contributed by atoms with Crippen LogP contribution >= 0.6 is 0 Å². The normalized spacial score (nSPS) is 11.9. The standard InChI is InChI=1S/C36H21B/c37-33-21-20-32-34-30(33)16-7-17-31(34)35-28(26-14-5-10-22-8-1-3-12-24(22)26)18-19-29(36(32)35)27-15-6-11-23-9-2-4-13-25(23)27/h1-21H. The molecule has 0 amide bonds. The zero-order valence-corrected chi connectivity index (χ0v) is 20.2. The molecule has 0 saturated carbocycles. The van der Waals surface area contributed by atoms with E-state index in [0.717, 1.165) is 10.8 Å². The molecule has 0 unspecified atom stereocenters.